The third-order valence-electron chi connectivity index (χ3n) is 17.8. The van der Waals surface area contributed by atoms with Crippen molar-refractivity contribution < 1.29 is 64.6 Å². The molecule has 2 aliphatic heterocycles. The summed E-state index contributed by atoms with van der Waals surface area (Å²) in [6.45, 7) is 2.93. The second-order valence-electron chi connectivity index (χ2n) is 25.4. The Morgan fingerprint density at radius 1 is 0.390 bits per heavy atom. The maximum Gasteiger partial charge on any atom is 0.220 e. The lowest BCUT2D eigenvalue weighted by atomic mass is 9.97. The molecule has 488 valence electrons. The Kier molecular flexibility index (Phi) is 50.9. The summed E-state index contributed by atoms with van der Waals surface area (Å²) in [6, 6.07) is -0.824. The van der Waals surface area contributed by atoms with Crippen molar-refractivity contribution in [2.24, 2.45) is 0 Å². The Labute approximate surface area is 502 Å². The molecule has 9 N–H and O–H groups in total. The van der Waals surface area contributed by atoms with E-state index in [0.717, 1.165) is 51.4 Å². The van der Waals surface area contributed by atoms with Crippen LogP contribution in [0.2, 0.25) is 0 Å². The van der Waals surface area contributed by atoms with Crippen LogP contribution in [-0.2, 0) is 23.7 Å². The molecular weight excluding hydrogens is 1040 g/mol. The highest BCUT2D eigenvalue weighted by molar-refractivity contribution is 5.76. The standard InChI is InChI=1S/C68H133NO13/c1-3-5-7-9-11-13-15-17-19-21-23-24-25-26-27-28-29-30-31-32-34-36-38-40-42-44-46-48-50-52-60(73)69-56(57(72)51-49-47-45-43-41-39-37-35-33-22-20-18-16-14-12-10-8-6-4-2)55-79-67-65(78)63(76)66(59(54-71)81-67)82-68-64(77)62(75)61(74)58(53-70)80-68/h56-59,61-68,70-72,74-78H,3-55H2,1-2H3,(H,69,73). The number of amides is 1. The van der Waals surface area contributed by atoms with Gasteiger partial charge in [0.2, 0.25) is 5.91 Å². The molecule has 82 heavy (non-hydrogen) atoms. The lowest BCUT2D eigenvalue weighted by molar-refractivity contribution is -0.359. The number of nitrogens with one attached hydrogen (secondary N) is 1. The van der Waals surface area contributed by atoms with E-state index >= 15 is 0 Å². The minimum Gasteiger partial charge on any atom is -0.394 e. The molecule has 12 atom stereocenters. The molecule has 1 amide bonds. The average molecular weight is 1170 g/mol. The number of aliphatic hydroxyl groups excluding tert-OH is 8. The van der Waals surface area contributed by atoms with Gasteiger partial charge in [-0.3, -0.25) is 4.79 Å². The highest BCUT2D eigenvalue weighted by Gasteiger charge is 2.51. The zero-order valence-corrected chi connectivity index (χ0v) is 53.0. The van der Waals surface area contributed by atoms with Crippen LogP contribution in [0.3, 0.4) is 0 Å². The van der Waals surface area contributed by atoms with Crippen molar-refractivity contribution in [1.82, 2.24) is 5.32 Å². The van der Waals surface area contributed by atoms with E-state index < -0.39 is 86.8 Å². The third-order valence-corrected chi connectivity index (χ3v) is 17.8. The Morgan fingerprint density at radius 3 is 1.04 bits per heavy atom. The molecule has 0 aromatic carbocycles. The molecule has 14 nitrogen and oxygen atoms in total. The van der Waals surface area contributed by atoms with Crippen molar-refractivity contribution in [1.29, 1.82) is 0 Å². The number of aliphatic hydroxyl groups is 8. The van der Waals surface area contributed by atoms with Gasteiger partial charge >= 0.3 is 0 Å². The smallest absolute Gasteiger partial charge is 0.220 e. The maximum absolute atomic E-state index is 13.3. The summed E-state index contributed by atoms with van der Waals surface area (Å²) in [6.07, 6.45) is 46.9. The summed E-state index contributed by atoms with van der Waals surface area (Å²) in [4.78, 5) is 13.3. The fourth-order valence-electron chi connectivity index (χ4n) is 12.2. The van der Waals surface area contributed by atoms with Gasteiger partial charge in [-0.25, -0.2) is 0 Å². The number of unbranched alkanes of at least 4 members (excludes halogenated alkanes) is 46. The molecule has 2 rings (SSSR count). The van der Waals surface area contributed by atoms with Crippen LogP contribution >= 0.6 is 0 Å². The second kappa shape index (κ2) is 54.2. The monoisotopic (exact) mass is 1170 g/mol. The molecule has 2 heterocycles. The normalized spacial score (nSPS) is 23.8. The number of hydrogen-bond donors (Lipinski definition) is 9. The fourth-order valence-corrected chi connectivity index (χ4v) is 12.2. The summed E-state index contributed by atoms with van der Waals surface area (Å²) >= 11 is 0. The van der Waals surface area contributed by atoms with Crippen LogP contribution in [0, 0.1) is 0 Å². The lowest BCUT2D eigenvalue weighted by Crippen LogP contribution is -2.65. The van der Waals surface area contributed by atoms with E-state index in [2.05, 4.69) is 19.2 Å². The van der Waals surface area contributed by atoms with E-state index in [-0.39, 0.29) is 12.5 Å². The van der Waals surface area contributed by atoms with Crippen LogP contribution in [0.1, 0.15) is 335 Å². The highest BCUT2D eigenvalue weighted by Crippen LogP contribution is 2.30. The van der Waals surface area contributed by atoms with Gasteiger partial charge < -0.3 is 65.1 Å². The summed E-state index contributed by atoms with van der Waals surface area (Å²) in [5.41, 5.74) is 0. The first-order valence-electron chi connectivity index (χ1n) is 35.3. The summed E-state index contributed by atoms with van der Waals surface area (Å²) in [5, 5.41) is 87.6. The average Bonchev–Trinajstić information content (AvgIpc) is 3.65. The number of hydrogen-bond acceptors (Lipinski definition) is 13. The van der Waals surface area contributed by atoms with Crippen molar-refractivity contribution in [3.8, 4) is 0 Å². The number of rotatable bonds is 59. The van der Waals surface area contributed by atoms with E-state index in [1.165, 1.54) is 257 Å². The first-order valence-corrected chi connectivity index (χ1v) is 35.3. The van der Waals surface area contributed by atoms with Gasteiger partial charge in [-0.1, -0.05) is 316 Å². The first kappa shape index (κ1) is 77.1. The Morgan fingerprint density at radius 2 is 0.695 bits per heavy atom. The topological polar surface area (TPSA) is 228 Å². The molecule has 0 aromatic heterocycles. The van der Waals surface area contributed by atoms with Gasteiger partial charge in [0.1, 0.15) is 48.8 Å². The molecular formula is C68H133NO13. The van der Waals surface area contributed by atoms with Crippen LogP contribution in [0.5, 0.6) is 0 Å². The van der Waals surface area contributed by atoms with E-state index in [9.17, 15) is 45.6 Å². The molecule has 0 aliphatic carbocycles. The van der Waals surface area contributed by atoms with Gasteiger partial charge in [0.05, 0.1) is 32.0 Å². The minimum atomic E-state index is -1.78. The molecule has 0 radical (unpaired) electrons. The van der Waals surface area contributed by atoms with E-state index in [4.69, 9.17) is 18.9 Å². The summed E-state index contributed by atoms with van der Waals surface area (Å²) in [7, 11) is 0. The van der Waals surface area contributed by atoms with Gasteiger partial charge in [0, 0.05) is 6.42 Å². The molecule has 0 saturated carbocycles. The summed E-state index contributed by atoms with van der Waals surface area (Å²) < 4.78 is 22.9. The number of carbonyl (C=O) groups excluding carboxylic acids is 1. The number of carbonyl (C=O) groups is 1. The van der Waals surface area contributed by atoms with Crippen molar-refractivity contribution >= 4 is 5.91 Å². The van der Waals surface area contributed by atoms with Crippen LogP contribution in [0.25, 0.3) is 0 Å². The highest BCUT2D eigenvalue weighted by atomic mass is 16.7. The lowest BCUT2D eigenvalue weighted by Gasteiger charge is -2.46. The molecule has 2 fully saturated rings. The van der Waals surface area contributed by atoms with Crippen LogP contribution < -0.4 is 5.32 Å². The van der Waals surface area contributed by atoms with Crippen molar-refractivity contribution in [3.63, 3.8) is 0 Å². The van der Waals surface area contributed by atoms with Gasteiger partial charge in [-0.05, 0) is 12.8 Å². The van der Waals surface area contributed by atoms with Gasteiger partial charge in [-0.2, -0.15) is 0 Å². The molecule has 12 unspecified atom stereocenters. The van der Waals surface area contributed by atoms with Crippen LogP contribution in [-0.4, -0.2) is 140 Å². The van der Waals surface area contributed by atoms with Crippen molar-refractivity contribution in [2.45, 2.75) is 408 Å². The predicted molar refractivity (Wildman–Crippen MR) is 332 cm³/mol. The van der Waals surface area contributed by atoms with Crippen molar-refractivity contribution in [2.75, 3.05) is 19.8 Å². The van der Waals surface area contributed by atoms with Crippen molar-refractivity contribution in [3.05, 3.63) is 0 Å². The van der Waals surface area contributed by atoms with Gasteiger partial charge in [0.25, 0.3) is 0 Å². The quantitative estimate of drug-likeness (QED) is 0.0259. The van der Waals surface area contributed by atoms with E-state index in [1.54, 1.807) is 0 Å². The molecule has 14 heteroatoms. The van der Waals surface area contributed by atoms with Gasteiger partial charge in [-0.15, -0.1) is 0 Å². The minimum absolute atomic E-state index is 0.197. The molecule has 0 spiro atoms. The van der Waals surface area contributed by atoms with E-state index in [1.807, 2.05) is 0 Å². The Hall–Kier alpha value is -1.01. The van der Waals surface area contributed by atoms with E-state index in [0.29, 0.717) is 12.8 Å². The third kappa shape index (κ3) is 38.3. The van der Waals surface area contributed by atoms with Crippen LogP contribution in [0.15, 0.2) is 0 Å². The van der Waals surface area contributed by atoms with Crippen LogP contribution in [0.4, 0.5) is 0 Å². The molecule has 0 bridgehead atoms. The fraction of sp³-hybridized carbons (Fsp3) is 0.985. The maximum atomic E-state index is 13.3. The molecule has 2 saturated heterocycles. The SMILES string of the molecule is CCCCCCCCCCCCCCCCCCCCCCCCCCCCCCCC(=O)NC(COC1OC(CO)C(OC2OC(CO)C(O)C(O)C2O)C(O)C1O)C(O)CCCCCCCCCCCCCCCCCCCCC. The molecule has 2 aliphatic rings. The molecule has 0 aromatic rings. The zero-order chi connectivity index (χ0) is 59.5. The predicted octanol–water partition coefficient (Wildman–Crippen LogP) is 14.0. The number of ether oxygens (including phenoxy) is 4. The van der Waals surface area contributed by atoms with Gasteiger partial charge in [0.15, 0.2) is 12.6 Å². The largest absolute Gasteiger partial charge is 0.394 e. The first-order chi connectivity index (χ1) is 40.1. The summed E-state index contributed by atoms with van der Waals surface area (Å²) in [5.74, 6) is -0.197. The Bertz CT molecular complexity index is 1380. The zero-order valence-electron chi connectivity index (χ0n) is 53.0. The Balaban J connectivity index is 1.64. The second-order valence-corrected chi connectivity index (χ2v) is 25.4.